The second kappa shape index (κ2) is 16.6. The van der Waals surface area contributed by atoms with E-state index in [-0.39, 0.29) is 77.8 Å². The summed E-state index contributed by atoms with van der Waals surface area (Å²) in [5.74, 6) is 1.11. The Morgan fingerprint density at radius 1 is 0.938 bits per heavy atom. The molecule has 10 rings (SSSR count). The summed E-state index contributed by atoms with van der Waals surface area (Å²) >= 11 is 0. The molecule has 4 unspecified atom stereocenters. The largest absolute Gasteiger partial charge is 0.458 e. The van der Waals surface area contributed by atoms with Crippen molar-refractivity contribution in [2.24, 2.45) is 46.3 Å². The van der Waals surface area contributed by atoms with Crippen LogP contribution < -0.4 is 0 Å². The van der Waals surface area contributed by atoms with E-state index >= 15 is 0 Å². The molecule has 0 spiro atoms. The van der Waals surface area contributed by atoms with Crippen molar-refractivity contribution >= 4 is 17.9 Å². The van der Waals surface area contributed by atoms with E-state index in [0.29, 0.717) is 69.0 Å². The third-order valence-corrected chi connectivity index (χ3v) is 18.3. The molecular weight excluding hydrogens is 813 g/mol. The number of hydrogen-bond donors (Lipinski definition) is 2. The number of fused-ring (bicyclic) bond motifs is 4. The fourth-order valence-electron chi connectivity index (χ4n) is 14.3. The Morgan fingerprint density at radius 2 is 1.70 bits per heavy atom. The van der Waals surface area contributed by atoms with Gasteiger partial charge in [0.2, 0.25) is 0 Å². The minimum Gasteiger partial charge on any atom is -0.458 e. The van der Waals surface area contributed by atoms with Crippen LogP contribution in [0.3, 0.4) is 0 Å². The highest BCUT2D eigenvalue weighted by molar-refractivity contribution is 5.92. The van der Waals surface area contributed by atoms with Gasteiger partial charge in [0.1, 0.15) is 36.1 Å². The van der Waals surface area contributed by atoms with Crippen LogP contribution in [0.15, 0.2) is 58.7 Å². The van der Waals surface area contributed by atoms with Crippen LogP contribution in [0.25, 0.3) is 0 Å². The first-order valence-electron chi connectivity index (χ1n) is 24.9. The minimum atomic E-state index is -0.716. The molecule has 350 valence electrons. The molecule has 6 aliphatic carbocycles. The van der Waals surface area contributed by atoms with Gasteiger partial charge >= 0.3 is 17.9 Å². The molecule has 5 saturated carbocycles. The summed E-state index contributed by atoms with van der Waals surface area (Å²) in [6.07, 6.45) is 18.7. The lowest BCUT2D eigenvalue weighted by Crippen LogP contribution is -2.56. The lowest BCUT2D eigenvalue weighted by molar-refractivity contribution is -0.162. The topological polar surface area (TPSA) is 157 Å². The number of cyclic esters (lactones) is 1. The lowest BCUT2D eigenvalue weighted by atomic mass is 9.55. The minimum absolute atomic E-state index is 0.00964. The number of ether oxygens (including phenoxy) is 6. The molecule has 0 amide bonds. The molecule has 0 aromatic carbocycles. The molecule has 11 heteroatoms. The van der Waals surface area contributed by atoms with Crippen molar-refractivity contribution in [3.05, 3.63) is 58.7 Å². The summed E-state index contributed by atoms with van der Waals surface area (Å²) in [5, 5.41) is 20.6. The van der Waals surface area contributed by atoms with Crippen molar-refractivity contribution in [2.45, 2.75) is 191 Å². The number of carbonyl (C=O) groups excluding carboxylic acids is 3. The molecular formula is C53H72O11. The van der Waals surface area contributed by atoms with E-state index in [1.807, 2.05) is 0 Å². The van der Waals surface area contributed by atoms with Crippen molar-refractivity contribution in [3.8, 4) is 0 Å². The summed E-state index contributed by atoms with van der Waals surface area (Å²) < 4.78 is 37.2. The fraction of sp³-hybridized carbons (Fsp3) is 0.755. The van der Waals surface area contributed by atoms with Gasteiger partial charge < -0.3 is 38.6 Å². The predicted octanol–water partition coefficient (Wildman–Crippen LogP) is 8.12. The van der Waals surface area contributed by atoms with Crippen LogP contribution >= 0.6 is 0 Å². The van der Waals surface area contributed by atoms with Gasteiger partial charge in [-0.25, -0.2) is 4.79 Å². The number of esters is 3. The molecule has 0 radical (unpaired) electrons. The first-order chi connectivity index (χ1) is 30.6. The summed E-state index contributed by atoms with van der Waals surface area (Å²) in [6, 6.07) is 0. The standard InChI is InChI=1S/C53H72O11/c1-29(2)53(47(64-53)43-27-59-43)49(52-28-50(5)22-20-36-37(26-60-48(36)58)40(50)25-44(52)63-52)62-46(57)11-7-10-45(56)61-42(33-14-15-33)19-12-30(3)38-17-18-39-32(9-8-21-51(38,39)6)13-16-34-23-35(54)24-41(55)31(34)4/h12-13,16,19,29-30,33,35,38-44,47,49,54-55H,4,7-11,14-15,17-18,20-28H2,1-3,5-6H3/b19-12+,32-13+,34-16-/t30-,35+,38?,39?,40?,41-,42?,43-,44-,47-,49-,50+,51+,52+,53-/m0/s1. The molecule has 15 atom stereocenters. The van der Waals surface area contributed by atoms with Gasteiger partial charge in [0.15, 0.2) is 6.10 Å². The van der Waals surface area contributed by atoms with Crippen LogP contribution in [-0.2, 0) is 42.8 Å². The van der Waals surface area contributed by atoms with Crippen LogP contribution in [0.4, 0.5) is 0 Å². The predicted molar refractivity (Wildman–Crippen MR) is 237 cm³/mol. The first kappa shape index (κ1) is 44.7. The van der Waals surface area contributed by atoms with E-state index in [2.05, 4.69) is 65.5 Å². The van der Waals surface area contributed by atoms with Gasteiger partial charge in [0.25, 0.3) is 0 Å². The van der Waals surface area contributed by atoms with E-state index in [1.165, 1.54) is 12.0 Å². The molecule has 3 saturated heterocycles. The molecule has 8 fully saturated rings. The molecule has 0 aromatic heterocycles. The monoisotopic (exact) mass is 885 g/mol. The van der Waals surface area contributed by atoms with Gasteiger partial charge in [-0.3, -0.25) is 9.59 Å². The average molecular weight is 885 g/mol. The zero-order chi connectivity index (χ0) is 44.9. The van der Waals surface area contributed by atoms with Crippen molar-refractivity contribution in [3.63, 3.8) is 0 Å². The number of epoxide rings is 3. The normalized spacial score (nSPS) is 43.6. The Labute approximate surface area is 379 Å². The third-order valence-electron chi connectivity index (χ3n) is 18.3. The van der Waals surface area contributed by atoms with Gasteiger partial charge in [-0.2, -0.15) is 0 Å². The summed E-state index contributed by atoms with van der Waals surface area (Å²) in [6.45, 7) is 16.4. The average Bonchev–Trinajstić information content (AvgIpc) is 4.07. The van der Waals surface area contributed by atoms with Crippen molar-refractivity contribution in [2.75, 3.05) is 13.2 Å². The number of hydrogen-bond acceptors (Lipinski definition) is 11. The summed E-state index contributed by atoms with van der Waals surface area (Å²) in [7, 11) is 0. The summed E-state index contributed by atoms with van der Waals surface area (Å²) in [4.78, 5) is 39.8. The van der Waals surface area contributed by atoms with Crippen LogP contribution in [-0.4, -0.2) is 95.3 Å². The van der Waals surface area contributed by atoms with E-state index in [9.17, 15) is 24.6 Å². The molecule has 10 aliphatic rings. The van der Waals surface area contributed by atoms with Crippen LogP contribution in [0, 0.1) is 46.3 Å². The highest BCUT2D eigenvalue weighted by Crippen LogP contribution is 2.68. The molecule has 4 heterocycles. The molecule has 0 bridgehead atoms. The molecule has 11 nitrogen and oxygen atoms in total. The Morgan fingerprint density at radius 3 is 2.44 bits per heavy atom. The van der Waals surface area contributed by atoms with Gasteiger partial charge in [-0.1, -0.05) is 65.0 Å². The number of allylic oxidation sites excluding steroid dienone is 4. The van der Waals surface area contributed by atoms with Gasteiger partial charge in [-0.05, 0) is 153 Å². The maximum Gasteiger partial charge on any atom is 0.334 e. The fourth-order valence-corrected chi connectivity index (χ4v) is 14.3. The van der Waals surface area contributed by atoms with Crippen LogP contribution in [0.1, 0.15) is 137 Å². The van der Waals surface area contributed by atoms with E-state index in [0.717, 1.165) is 73.7 Å². The zero-order valence-corrected chi connectivity index (χ0v) is 38.8. The van der Waals surface area contributed by atoms with Crippen LogP contribution in [0.2, 0.25) is 0 Å². The Hall–Kier alpha value is -3.09. The number of carbonyl (C=O) groups is 3. The second-order valence-electron chi connectivity index (χ2n) is 22.6. The molecule has 2 N–H and O–H groups in total. The quantitative estimate of drug-likeness (QED) is 0.0709. The number of rotatable bonds is 15. The summed E-state index contributed by atoms with van der Waals surface area (Å²) in [5.41, 5.74) is 3.80. The Kier molecular flexibility index (Phi) is 11.6. The highest BCUT2D eigenvalue weighted by Gasteiger charge is 2.81. The SMILES string of the molecule is C=C1/C(=C\C=C2/CCC[C@@]3(C)C2CCC3[C@@H](C)/C=C/C(OC(=O)CCCC(=O)O[C@@H]([C@@]23C[C@@]4(C)CCC5=C(COC5=O)C4C[C@@H]2O3)[C@@]2(C(C)C)O[C@H]2[C@@H]2CO2)C2CC2)C[C@@H](O)C[C@@H]1O. The van der Waals surface area contributed by atoms with Gasteiger partial charge in [0.05, 0.1) is 24.9 Å². The lowest BCUT2D eigenvalue weighted by Gasteiger charge is -2.48. The van der Waals surface area contributed by atoms with E-state index < -0.39 is 29.5 Å². The van der Waals surface area contributed by atoms with Gasteiger partial charge in [0, 0.05) is 24.8 Å². The van der Waals surface area contributed by atoms with Crippen molar-refractivity contribution in [1.29, 1.82) is 0 Å². The zero-order valence-electron chi connectivity index (χ0n) is 38.8. The second-order valence-corrected chi connectivity index (χ2v) is 22.6. The molecule has 4 aliphatic heterocycles. The highest BCUT2D eigenvalue weighted by atomic mass is 16.7. The smallest absolute Gasteiger partial charge is 0.334 e. The van der Waals surface area contributed by atoms with Crippen molar-refractivity contribution in [1.82, 2.24) is 0 Å². The third kappa shape index (κ3) is 7.92. The van der Waals surface area contributed by atoms with Crippen LogP contribution in [0.5, 0.6) is 0 Å². The molecule has 64 heavy (non-hydrogen) atoms. The number of aliphatic hydroxyl groups is 2. The number of aliphatic hydroxyl groups excluding tert-OH is 2. The maximum absolute atomic E-state index is 13.9. The van der Waals surface area contributed by atoms with Crippen molar-refractivity contribution < 1.29 is 53.0 Å². The Bertz CT molecular complexity index is 2040. The Balaban J connectivity index is 0.752. The van der Waals surface area contributed by atoms with Gasteiger partial charge in [-0.15, -0.1) is 0 Å². The van der Waals surface area contributed by atoms with E-state index in [4.69, 9.17) is 28.4 Å². The maximum atomic E-state index is 13.9. The first-order valence-corrected chi connectivity index (χ1v) is 24.9. The van der Waals surface area contributed by atoms with E-state index in [1.54, 1.807) is 0 Å². The molecule has 0 aromatic rings.